The second-order valence-electron chi connectivity index (χ2n) is 6.24. The highest BCUT2D eigenvalue weighted by atomic mass is 35.5. The number of quaternary nitrogens is 1. The van der Waals surface area contributed by atoms with Crippen molar-refractivity contribution in [2.75, 3.05) is 20.6 Å². The Morgan fingerprint density at radius 1 is 0.818 bits per heavy atom. The van der Waals surface area contributed by atoms with E-state index in [9.17, 15) is 0 Å². The fourth-order valence-electron chi connectivity index (χ4n) is 3.28. The second kappa shape index (κ2) is 7.62. The van der Waals surface area contributed by atoms with E-state index in [4.69, 9.17) is 0 Å². The molecule has 1 aliphatic rings. The van der Waals surface area contributed by atoms with Gasteiger partial charge >= 0.3 is 0 Å². The maximum Gasteiger partial charge on any atom is 0.0767 e. The summed E-state index contributed by atoms with van der Waals surface area (Å²) in [5.74, 6) is 0.520. The van der Waals surface area contributed by atoms with Crippen LogP contribution in [0.5, 0.6) is 0 Å². The summed E-state index contributed by atoms with van der Waals surface area (Å²) >= 11 is 0. The first-order valence-corrected chi connectivity index (χ1v) is 7.90. The molecule has 0 radical (unpaired) electrons. The fraction of sp³-hybridized carbons (Fsp3) is 0.300. The summed E-state index contributed by atoms with van der Waals surface area (Å²) in [6.45, 7) is 1.23. The van der Waals surface area contributed by atoms with Crippen LogP contribution in [0.2, 0.25) is 0 Å². The number of hydrogen-bond acceptors (Lipinski definition) is 0. The van der Waals surface area contributed by atoms with Gasteiger partial charge in [0.15, 0.2) is 0 Å². The van der Waals surface area contributed by atoms with Gasteiger partial charge < -0.3 is 17.3 Å². The molecule has 0 saturated heterocycles. The summed E-state index contributed by atoms with van der Waals surface area (Å²) in [5, 5.41) is 0. The van der Waals surface area contributed by atoms with Crippen molar-refractivity contribution in [2.24, 2.45) is 0 Å². The Labute approximate surface area is 140 Å². The molecule has 0 aromatic heterocycles. The van der Waals surface area contributed by atoms with Gasteiger partial charge in [-0.05, 0) is 35.1 Å². The van der Waals surface area contributed by atoms with E-state index >= 15 is 0 Å². The van der Waals surface area contributed by atoms with Crippen LogP contribution in [0, 0.1) is 0 Å². The molecular formula is C20H24ClN. The summed E-state index contributed by atoms with van der Waals surface area (Å²) in [4.78, 5) is 1.53. The minimum Gasteiger partial charge on any atom is -1.00 e. The number of hydrogen-bond donors (Lipinski definition) is 1. The summed E-state index contributed by atoms with van der Waals surface area (Å²) in [6.07, 6.45) is 7.02. The highest BCUT2D eigenvalue weighted by Gasteiger charge is 2.20. The van der Waals surface area contributed by atoms with Crippen molar-refractivity contribution < 1.29 is 17.3 Å². The molecule has 22 heavy (non-hydrogen) atoms. The Balaban J connectivity index is 0.00000176. The van der Waals surface area contributed by atoms with Crippen LogP contribution in [-0.2, 0) is 0 Å². The third-order valence-electron chi connectivity index (χ3n) is 4.35. The van der Waals surface area contributed by atoms with Gasteiger partial charge in [-0.25, -0.2) is 0 Å². The van der Waals surface area contributed by atoms with Crippen molar-refractivity contribution in [3.8, 4) is 0 Å². The zero-order valence-corrected chi connectivity index (χ0v) is 14.1. The van der Waals surface area contributed by atoms with E-state index in [0.717, 1.165) is 0 Å². The molecule has 0 bridgehead atoms. The molecule has 0 aliphatic heterocycles. The number of benzene rings is 2. The van der Waals surface area contributed by atoms with E-state index in [1.807, 2.05) is 0 Å². The molecule has 0 atom stereocenters. The van der Waals surface area contributed by atoms with Gasteiger partial charge in [-0.15, -0.1) is 0 Å². The lowest BCUT2D eigenvalue weighted by Gasteiger charge is -2.20. The van der Waals surface area contributed by atoms with Gasteiger partial charge in [0, 0.05) is 5.92 Å². The average molecular weight is 314 g/mol. The molecule has 116 valence electrons. The van der Waals surface area contributed by atoms with E-state index < -0.39 is 0 Å². The predicted octanol–water partition coefficient (Wildman–Crippen LogP) is 0.231. The van der Waals surface area contributed by atoms with Crippen LogP contribution >= 0.6 is 0 Å². The van der Waals surface area contributed by atoms with Crippen molar-refractivity contribution in [2.45, 2.75) is 18.8 Å². The van der Waals surface area contributed by atoms with Crippen LogP contribution in [0.1, 0.15) is 41.0 Å². The minimum absolute atomic E-state index is 0. The quantitative estimate of drug-likeness (QED) is 0.824. The minimum atomic E-state index is 0. The summed E-state index contributed by atoms with van der Waals surface area (Å²) in [6, 6.07) is 17.7. The lowest BCUT2D eigenvalue weighted by molar-refractivity contribution is -0.858. The first-order chi connectivity index (χ1) is 10.3. The topological polar surface area (TPSA) is 4.44 Å². The van der Waals surface area contributed by atoms with Gasteiger partial charge in [0.1, 0.15) is 0 Å². The highest BCUT2D eigenvalue weighted by molar-refractivity contribution is 5.76. The second-order valence-corrected chi connectivity index (χ2v) is 6.24. The van der Waals surface area contributed by atoms with Crippen molar-refractivity contribution in [3.63, 3.8) is 0 Å². The Kier molecular flexibility index (Phi) is 5.82. The van der Waals surface area contributed by atoms with Crippen molar-refractivity contribution in [1.29, 1.82) is 0 Å². The van der Waals surface area contributed by atoms with E-state index in [0.29, 0.717) is 5.92 Å². The van der Waals surface area contributed by atoms with Crippen molar-refractivity contribution in [3.05, 3.63) is 70.8 Å². The number of halogens is 1. The van der Waals surface area contributed by atoms with Crippen molar-refractivity contribution in [1.82, 2.24) is 0 Å². The first-order valence-electron chi connectivity index (χ1n) is 7.90. The molecule has 0 fully saturated rings. The Hall–Kier alpha value is -1.57. The van der Waals surface area contributed by atoms with Gasteiger partial charge in [-0.2, -0.15) is 0 Å². The molecule has 1 aliphatic carbocycles. The molecule has 0 saturated carbocycles. The monoisotopic (exact) mass is 313 g/mol. The van der Waals surface area contributed by atoms with Gasteiger partial charge in [0.25, 0.3) is 0 Å². The molecule has 2 aromatic rings. The molecule has 2 aromatic carbocycles. The van der Waals surface area contributed by atoms with Crippen LogP contribution in [0.4, 0.5) is 0 Å². The summed E-state index contributed by atoms with van der Waals surface area (Å²) in [7, 11) is 4.47. The predicted molar refractivity (Wildman–Crippen MR) is 90.6 cm³/mol. The standard InChI is InChI=1S/C20H23N.ClH/c1-21(2)15-7-12-20-18-10-5-3-8-16(18)13-14-17-9-4-6-11-19(17)20;/h3-6,8-11,13-14,20H,7,12,15H2,1-2H3;1H. The van der Waals surface area contributed by atoms with Crippen LogP contribution in [0.15, 0.2) is 48.5 Å². The molecule has 2 heteroatoms. The van der Waals surface area contributed by atoms with Crippen LogP contribution in [-0.4, -0.2) is 20.6 Å². The molecule has 0 spiro atoms. The maximum atomic E-state index is 2.30. The van der Waals surface area contributed by atoms with Gasteiger partial charge in [-0.3, -0.25) is 0 Å². The zero-order chi connectivity index (χ0) is 14.7. The van der Waals surface area contributed by atoms with E-state index in [-0.39, 0.29) is 12.4 Å². The summed E-state index contributed by atoms with van der Waals surface area (Å²) in [5.41, 5.74) is 5.70. The average Bonchev–Trinajstić information content (AvgIpc) is 2.65. The molecule has 0 amide bonds. The Morgan fingerprint density at radius 2 is 1.32 bits per heavy atom. The van der Waals surface area contributed by atoms with E-state index in [1.165, 1.54) is 46.5 Å². The fourth-order valence-corrected chi connectivity index (χ4v) is 3.28. The van der Waals surface area contributed by atoms with Gasteiger partial charge in [0.2, 0.25) is 0 Å². The van der Waals surface area contributed by atoms with Crippen LogP contribution in [0.25, 0.3) is 12.2 Å². The molecule has 3 rings (SSSR count). The van der Waals surface area contributed by atoms with Gasteiger partial charge in [-0.1, -0.05) is 60.7 Å². The Bertz CT molecular complexity index is 596. The summed E-state index contributed by atoms with van der Waals surface area (Å²) < 4.78 is 0. The highest BCUT2D eigenvalue weighted by Crippen LogP contribution is 2.37. The largest absolute Gasteiger partial charge is 1.00 e. The lowest BCUT2D eigenvalue weighted by Crippen LogP contribution is -3.05. The maximum absolute atomic E-state index is 2.30. The third-order valence-corrected chi connectivity index (χ3v) is 4.35. The van der Waals surface area contributed by atoms with E-state index in [2.05, 4.69) is 74.8 Å². The van der Waals surface area contributed by atoms with Crippen LogP contribution < -0.4 is 17.3 Å². The SMILES string of the molecule is C[NH+](C)CCCC1c2ccccc2C=Cc2ccccc21.[Cl-]. The van der Waals surface area contributed by atoms with E-state index in [1.54, 1.807) is 0 Å². The number of nitrogens with one attached hydrogen (secondary N) is 1. The smallest absolute Gasteiger partial charge is 0.0767 e. The van der Waals surface area contributed by atoms with Gasteiger partial charge in [0.05, 0.1) is 20.6 Å². The third kappa shape index (κ3) is 3.60. The zero-order valence-electron chi connectivity index (χ0n) is 13.4. The number of fused-ring (bicyclic) bond motifs is 2. The van der Waals surface area contributed by atoms with Crippen molar-refractivity contribution >= 4 is 12.2 Å². The first kappa shape index (κ1) is 16.8. The molecule has 1 N–H and O–H groups in total. The molecule has 0 unspecified atom stereocenters. The molecular weight excluding hydrogens is 290 g/mol. The normalized spacial score (nSPS) is 13.2. The van der Waals surface area contributed by atoms with Crippen LogP contribution in [0.3, 0.4) is 0 Å². The molecule has 1 nitrogen and oxygen atoms in total. The Morgan fingerprint density at radius 3 is 1.82 bits per heavy atom. The number of rotatable bonds is 4. The lowest BCUT2D eigenvalue weighted by atomic mass is 9.84. The molecule has 0 heterocycles.